The zero-order chi connectivity index (χ0) is 12.7. The maximum atomic E-state index is 11.4. The van der Waals surface area contributed by atoms with Crippen LogP contribution in [0.3, 0.4) is 0 Å². The molecule has 6 heteroatoms. The van der Waals surface area contributed by atoms with Crippen LogP contribution in [-0.2, 0) is 7.05 Å². The van der Waals surface area contributed by atoms with Crippen molar-refractivity contribution in [1.82, 2.24) is 14.5 Å². The normalized spacial score (nSPS) is 11.0. The molecule has 18 heavy (non-hydrogen) atoms. The summed E-state index contributed by atoms with van der Waals surface area (Å²) in [5, 5.41) is 0. The van der Waals surface area contributed by atoms with Crippen molar-refractivity contribution in [3.8, 4) is 11.3 Å². The van der Waals surface area contributed by atoms with Gasteiger partial charge in [0.15, 0.2) is 10.3 Å². The third-order valence-electron chi connectivity index (χ3n) is 2.71. The van der Waals surface area contributed by atoms with Crippen LogP contribution in [0.1, 0.15) is 0 Å². The number of fused-ring (bicyclic) bond motifs is 1. The first-order valence-electron chi connectivity index (χ1n) is 5.23. The second-order valence-electron chi connectivity index (χ2n) is 3.82. The first kappa shape index (κ1) is 11.2. The summed E-state index contributed by atoms with van der Waals surface area (Å²) in [6.07, 6.45) is 1.67. The molecule has 0 aliphatic heterocycles. The molecule has 0 bridgehead atoms. The molecule has 0 aliphatic rings. The van der Waals surface area contributed by atoms with Crippen LogP contribution in [0.2, 0.25) is 0 Å². The lowest BCUT2D eigenvalue weighted by atomic mass is 10.1. The summed E-state index contributed by atoms with van der Waals surface area (Å²) < 4.78 is 7.07. The van der Waals surface area contributed by atoms with E-state index in [0.29, 0.717) is 10.3 Å². The van der Waals surface area contributed by atoms with Gasteiger partial charge in [-0.05, 0) is 40.2 Å². The molecule has 2 heterocycles. The van der Waals surface area contributed by atoms with Crippen LogP contribution >= 0.6 is 15.9 Å². The maximum Gasteiger partial charge on any atom is 0.419 e. The van der Waals surface area contributed by atoms with Gasteiger partial charge in [0.1, 0.15) is 0 Å². The summed E-state index contributed by atoms with van der Waals surface area (Å²) in [5.41, 5.74) is 3.00. The lowest BCUT2D eigenvalue weighted by Gasteiger charge is -2.01. The number of aromatic nitrogens is 3. The van der Waals surface area contributed by atoms with Gasteiger partial charge >= 0.3 is 5.76 Å². The quantitative estimate of drug-likeness (QED) is 0.648. The minimum absolute atomic E-state index is 0.369. The van der Waals surface area contributed by atoms with Crippen LogP contribution in [0.25, 0.3) is 22.4 Å². The molecule has 0 unspecified atom stereocenters. The predicted molar refractivity (Wildman–Crippen MR) is 70.2 cm³/mol. The molecular formula is C12H8BrN3O2. The van der Waals surface area contributed by atoms with Crippen molar-refractivity contribution < 1.29 is 4.42 Å². The standard InChI is InChI=1S/C12H8BrN3O2/c1-16-9-6-7(2-3-10(9)18-12(16)17)8-4-5-14-11(13)15-8/h2-6H,1H3. The number of hydrogen-bond acceptors (Lipinski definition) is 4. The van der Waals surface area contributed by atoms with Gasteiger partial charge in [0, 0.05) is 18.8 Å². The molecule has 0 amide bonds. The summed E-state index contributed by atoms with van der Waals surface area (Å²) in [7, 11) is 1.67. The minimum atomic E-state index is -0.369. The van der Waals surface area contributed by atoms with Crippen LogP contribution in [0, 0.1) is 0 Å². The zero-order valence-corrected chi connectivity index (χ0v) is 11.0. The first-order chi connectivity index (χ1) is 8.65. The van der Waals surface area contributed by atoms with Gasteiger partial charge in [0.25, 0.3) is 0 Å². The molecule has 0 radical (unpaired) electrons. The van der Waals surface area contributed by atoms with E-state index in [1.54, 1.807) is 19.3 Å². The van der Waals surface area contributed by atoms with Gasteiger partial charge in [0.05, 0.1) is 11.2 Å². The van der Waals surface area contributed by atoms with E-state index in [0.717, 1.165) is 16.8 Å². The number of rotatable bonds is 1. The number of nitrogens with zero attached hydrogens (tertiary/aromatic N) is 3. The van der Waals surface area contributed by atoms with Crippen LogP contribution in [0.5, 0.6) is 0 Å². The van der Waals surface area contributed by atoms with Crippen LogP contribution < -0.4 is 5.76 Å². The van der Waals surface area contributed by atoms with E-state index in [4.69, 9.17) is 4.42 Å². The highest BCUT2D eigenvalue weighted by Crippen LogP contribution is 2.22. The van der Waals surface area contributed by atoms with E-state index >= 15 is 0 Å². The smallest absolute Gasteiger partial charge is 0.408 e. The van der Waals surface area contributed by atoms with Gasteiger partial charge in [-0.1, -0.05) is 0 Å². The van der Waals surface area contributed by atoms with Gasteiger partial charge in [0.2, 0.25) is 0 Å². The molecule has 2 aromatic heterocycles. The fourth-order valence-electron chi connectivity index (χ4n) is 1.78. The molecule has 0 fully saturated rings. The van der Waals surface area contributed by atoms with Crippen LogP contribution in [0.4, 0.5) is 0 Å². The van der Waals surface area contributed by atoms with E-state index in [-0.39, 0.29) is 5.76 Å². The molecule has 0 spiro atoms. The molecule has 0 saturated heterocycles. The summed E-state index contributed by atoms with van der Waals surface area (Å²) in [4.78, 5) is 19.7. The maximum absolute atomic E-state index is 11.4. The topological polar surface area (TPSA) is 60.9 Å². The highest BCUT2D eigenvalue weighted by Gasteiger charge is 2.08. The Morgan fingerprint density at radius 3 is 2.94 bits per heavy atom. The van der Waals surface area contributed by atoms with Crippen molar-refractivity contribution in [1.29, 1.82) is 0 Å². The summed E-state index contributed by atoms with van der Waals surface area (Å²) in [6.45, 7) is 0. The van der Waals surface area contributed by atoms with Gasteiger partial charge in [-0.15, -0.1) is 0 Å². The Kier molecular flexibility index (Phi) is 2.52. The highest BCUT2D eigenvalue weighted by molar-refractivity contribution is 9.10. The molecule has 0 aliphatic carbocycles. The fourth-order valence-corrected chi connectivity index (χ4v) is 2.09. The molecule has 5 nitrogen and oxygen atoms in total. The Morgan fingerprint density at radius 2 is 2.17 bits per heavy atom. The second kappa shape index (κ2) is 4.06. The first-order valence-corrected chi connectivity index (χ1v) is 6.03. The van der Waals surface area contributed by atoms with Crippen molar-refractivity contribution in [2.24, 2.45) is 7.05 Å². The Hall–Kier alpha value is -1.95. The second-order valence-corrected chi connectivity index (χ2v) is 4.53. The summed E-state index contributed by atoms with van der Waals surface area (Å²) in [5.74, 6) is -0.369. The monoisotopic (exact) mass is 305 g/mol. The Bertz CT molecular complexity index is 791. The fraction of sp³-hybridized carbons (Fsp3) is 0.0833. The largest absolute Gasteiger partial charge is 0.419 e. The van der Waals surface area contributed by atoms with Gasteiger partial charge < -0.3 is 4.42 Å². The van der Waals surface area contributed by atoms with Gasteiger partial charge in [-0.25, -0.2) is 14.8 Å². The average Bonchev–Trinajstić information content (AvgIpc) is 2.65. The average molecular weight is 306 g/mol. The van der Waals surface area contributed by atoms with E-state index < -0.39 is 0 Å². The summed E-state index contributed by atoms with van der Waals surface area (Å²) >= 11 is 3.23. The lowest BCUT2D eigenvalue weighted by Crippen LogP contribution is -2.08. The van der Waals surface area contributed by atoms with Gasteiger partial charge in [-0.2, -0.15) is 0 Å². The Labute approximate surface area is 110 Å². The SMILES string of the molecule is Cn1c(=O)oc2ccc(-c3ccnc(Br)n3)cc21. The number of hydrogen-bond donors (Lipinski definition) is 0. The summed E-state index contributed by atoms with van der Waals surface area (Å²) in [6, 6.07) is 7.31. The lowest BCUT2D eigenvalue weighted by molar-refractivity contribution is 0.528. The zero-order valence-electron chi connectivity index (χ0n) is 9.42. The molecule has 0 saturated carbocycles. The Balaban J connectivity index is 2.25. The third kappa shape index (κ3) is 1.74. The van der Waals surface area contributed by atoms with Crippen molar-refractivity contribution in [2.75, 3.05) is 0 Å². The van der Waals surface area contributed by atoms with Crippen molar-refractivity contribution in [2.45, 2.75) is 0 Å². The van der Waals surface area contributed by atoms with E-state index in [1.807, 2.05) is 18.2 Å². The van der Waals surface area contributed by atoms with Crippen LogP contribution in [0.15, 0.2) is 44.4 Å². The van der Waals surface area contributed by atoms with E-state index in [2.05, 4.69) is 25.9 Å². The van der Waals surface area contributed by atoms with E-state index in [9.17, 15) is 4.79 Å². The van der Waals surface area contributed by atoms with Gasteiger partial charge in [-0.3, -0.25) is 4.57 Å². The molecule has 3 rings (SSSR count). The molecule has 0 N–H and O–H groups in total. The molecule has 1 aromatic carbocycles. The van der Waals surface area contributed by atoms with Crippen LogP contribution in [-0.4, -0.2) is 14.5 Å². The number of benzene rings is 1. The minimum Gasteiger partial charge on any atom is -0.408 e. The number of oxazole rings is 1. The molecule has 0 atom stereocenters. The molecular weight excluding hydrogens is 298 g/mol. The third-order valence-corrected chi connectivity index (χ3v) is 3.10. The number of aryl methyl sites for hydroxylation is 1. The van der Waals surface area contributed by atoms with Crippen molar-refractivity contribution in [3.63, 3.8) is 0 Å². The molecule has 90 valence electrons. The number of halogens is 1. The van der Waals surface area contributed by atoms with E-state index in [1.165, 1.54) is 4.57 Å². The molecule has 3 aromatic rings. The highest BCUT2D eigenvalue weighted by atomic mass is 79.9. The Morgan fingerprint density at radius 1 is 1.33 bits per heavy atom. The predicted octanol–water partition coefficient (Wildman–Crippen LogP) is 2.35. The van der Waals surface area contributed by atoms with Crippen molar-refractivity contribution in [3.05, 3.63) is 45.7 Å². The van der Waals surface area contributed by atoms with Crippen molar-refractivity contribution >= 4 is 27.0 Å².